The Kier molecular flexibility index (Phi) is 4.37. The number of primary amides is 1. The molecular weight excluding hydrogens is 214 g/mol. The number of carbonyl (C=O) groups is 1. The van der Waals surface area contributed by atoms with Crippen LogP contribution in [0.5, 0.6) is 0 Å². The van der Waals surface area contributed by atoms with E-state index in [0.29, 0.717) is 17.3 Å². The Balaban J connectivity index is 3.15. The van der Waals surface area contributed by atoms with Gasteiger partial charge in [0.1, 0.15) is 0 Å². The summed E-state index contributed by atoms with van der Waals surface area (Å²) in [6, 6.07) is 5.57. The smallest absolute Gasteiger partial charge is 0.250 e. The predicted octanol–water partition coefficient (Wildman–Crippen LogP) is 1.99. The number of nitrogens with two attached hydrogens (primary N) is 2. The van der Waals surface area contributed by atoms with Gasteiger partial charge in [-0.25, -0.2) is 0 Å². The minimum Gasteiger partial charge on any atom is -0.397 e. The lowest BCUT2D eigenvalue weighted by Gasteiger charge is -2.29. The number of hydrogen-bond acceptors (Lipinski definition) is 3. The number of carbonyl (C=O) groups excluding carboxylic acids is 1. The normalized spacial score (nSPS) is 12.2. The lowest BCUT2D eigenvalue weighted by Crippen LogP contribution is -2.31. The number of rotatable bonds is 5. The van der Waals surface area contributed by atoms with Crippen LogP contribution in [0.25, 0.3) is 0 Å². The summed E-state index contributed by atoms with van der Waals surface area (Å²) in [5.74, 6) is -0.442. The van der Waals surface area contributed by atoms with Gasteiger partial charge in [0.05, 0.1) is 16.9 Å². The van der Waals surface area contributed by atoms with E-state index in [9.17, 15) is 4.79 Å². The molecule has 0 bridgehead atoms. The summed E-state index contributed by atoms with van der Waals surface area (Å²) in [7, 11) is 1.94. The van der Waals surface area contributed by atoms with Gasteiger partial charge in [-0.05, 0) is 25.5 Å². The second-order valence-corrected chi connectivity index (χ2v) is 4.36. The molecule has 1 unspecified atom stereocenters. The summed E-state index contributed by atoms with van der Waals surface area (Å²) in [6.45, 7) is 4.24. The molecule has 1 amide bonds. The van der Waals surface area contributed by atoms with Crippen molar-refractivity contribution in [2.24, 2.45) is 5.73 Å². The first-order valence-corrected chi connectivity index (χ1v) is 5.90. The van der Waals surface area contributed by atoms with E-state index in [2.05, 4.69) is 13.8 Å². The second kappa shape index (κ2) is 5.57. The molecule has 0 radical (unpaired) electrons. The van der Waals surface area contributed by atoms with Crippen molar-refractivity contribution in [1.29, 1.82) is 0 Å². The fourth-order valence-electron chi connectivity index (χ4n) is 1.99. The molecule has 0 aliphatic rings. The summed E-state index contributed by atoms with van der Waals surface area (Å²) < 4.78 is 0. The van der Waals surface area contributed by atoms with Gasteiger partial charge in [-0.2, -0.15) is 0 Å². The number of nitrogen functional groups attached to an aromatic ring is 1. The van der Waals surface area contributed by atoms with Crippen LogP contribution < -0.4 is 16.4 Å². The average Bonchev–Trinajstić information content (AvgIpc) is 2.28. The molecule has 94 valence electrons. The lowest BCUT2D eigenvalue weighted by molar-refractivity contribution is 0.100. The zero-order valence-electron chi connectivity index (χ0n) is 10.7. The maximum atomic E-state index is 11.4. The van der Waals surface area contributed by atoms with Crippen molar-refractivity contribution in [3.63, 3.8) is 0 Å². The van der Waals surface area contributed by atoms with E-state index in [1.807, 2.05) is 11.9 Å². The Morgan fingerprint density at radius 3 is 2.65 bits per heavy atom. The van der Waals surface area contributed by atoms with Crippen molar-refractivity contribution in [2.75, 3.05) is 17.7 Å². The third kappa shape index (κ3) is 2.90. The largest absolute Gasteiger partial charge is 0.397 e. The Labute approximate surface area is 103 Å². The molecule has 1 rings (SSSR count). The van der Waals surface area contributed by atoms with Crippen LogP contribution in [-0.4, -0.2) is 19.0 Å². The van der Waals surface area contributed by atoms with Gasteiger partial charge >= 0.3 is 0 Å². The predicted molar refractivity (Wildman–Crippen MR) is 72.1 cm³/mol. The topological polar surface area (TPSA) is 72.3 Å². The maximum absolute atomic E-state index is 11.4. The van der Waals surface area contributed by atoms with Crippen LogP contribution in [0, 0.1) is 0 Å². The minimum atomic E-state index is -0.442. The fraction of sp³-hybridized carbons (Fsp3) is 0.462. The molecule has 17 heavy (non-hydrogen) atoms. The Hall–Kier alpha value is -1.71. The lowest BCUT2D eigenvalue weighted by atomic mass is 10.1. The van der Waals surface area contributed by atoms with Crippen molar-refractivity contribution in [3.8, 4) is 0 Å². The highest BCUT2D eigenvalue weighted by Gasteiger charge is 2.18. The zero-order chi connectivity index (χ0) is 13.0. The minimum absolute atomic E-state index is 0.322. The number of para-hydroxylation sites is 1. The molecule has 0 aliphatic carbocycles. The van der Waals surface area contributed by atoms with E-state index >= 15 is 0 Å². The van der Waals surface area contributed by atoms with Crippen LogP contribution in [0.15, 0.2) is 18.2 Å². The van der Waals surface area contributed by atoms with Crippen molar-refractivity contribution in [1.82, 2.24) is 0 Å². The van der Waals surface area contributed by atoms with Gasteiger partial charge in [-0.3, -0.25) is 4.79 Å². The summed E-state index contributed by atoms with van der Waals surface area (Å²) in [5.41, 5.74) is 13.1. The molecule has 0 fully saturated rings. The van der Waals surface area contributed by atoms with Gasteiger partial charge in [0.15, 0.2) is 0 Å². The van der Waals surface area contributed by atoms with Crippen LogP contribution >= 0.6 is 0 Å². The summed E-state index contributed by atoms with van der Waals surface area (Å²) >= 11 is 0. The van der Waals surface area contributed by atoms with Crippen LogP contribution in [0.2, 0.25) is 0 Å². The monoisotopic (exact) mass is 235 g/mol. The molecule has 4 N–H and O–H groups in total. The van der Waals surface area contributed by atoms with Crippen LogP contribution in [0.1, 0.15) is 37.0 Å². The van der Waals surface area contributed by atoms with Crippen molar-refractivity contribution in [2.45, 2.75) is 32.7 Å². The third-order valence-electron chi connectivity index (χ3n) is 3.05. The molecule has 0 saturated heterocycles. The highest BCUT2D eigenvalue weighted by molar-refractivity contribution is 6.01. The number of hydrogen-bond donors (Lipinski definition) is 2. The van der Waals surface area contributed by atoms with Crippen molar-refractivity contribution in [3.05, 3.63) is 23.8 Å². The average molecular weight is 235 g/mol. The number of nitrogens with zero attached hydrogens (tertiary/aromatic N) is 1. The molecule has 0 saturated carbocycles. The number of anilines is 2. The fourth-order valence-corrected chi connectivity index (χ4v) is 1.99. The molecule has 0 aliphatic heterocycles. The Morgan fingerprint density at radius 1 is 1.47 bits per heavy atom. The first-order chi connectivity index (χ1) is 7.99. The molecule has 0 heterocycles. The summed E-state index contributed by atoms with van der Waals surface area (Å²) in [6.07, 6.45) is 2.13. The first-order valence-electron chi connectivity index (χ1n) is 5.90. The van der Waals surface area contributed by atoms with Gasteiger partial charge in [0, 0.05) is 13.1 Å². The molecule has 0 aromatic heterocycles. The van der Waals surface area contributed by atoms with Crippen molar-refractivity contribution < 1.29 is 4.79 Å². The summed E-state index contributed by atoms with van der Waals surface area (Å²) in [4.78, 5) is 13.4. The maximum Gasteiger partial charge on any atom is 0.250 e. The molecule has 1 atom stereocenters. The van der Waals surface area contributed by atoms with E-state index in [0.717, 1.165) is 18.5 Å². The molecule has 1 aromatic carbocycles. The van der Waals surface area contributed by atoms with E-state index in [1.165, 1.54) is 0 Å². The van der Waals surface area contributed by atoms with E-state index in [-0.39, 0.29) is 0 Å². The molecule has 4 heteroatoms. The molecule has 1 aromatic rings. The SMILES string of the molecule is CCCC(C)N(C)c1c(N)cccc1C(N)=O. The standard InChI is InChI=1S/C13H21N3O/c1-4-6-9(2)16(3)12-10(13(15)17)7-5-8-11(12)14/h5,7-9H,4,6,14H2,1-3H3,(H2,15,17). The third-order valence-corrected chi connectivity index (χ3v) is 3.05. The van der Waals surface area contributed by atoms with Crippen LogP contribution in [0.3, 0.4) is 0 Å². The second-order valence-electron chi connectivity index (χ2n) is 4.36. The van der Waals surface area contributed by atoms with Gasteiger partial charge < -0.3 is 16.4 Å². The quantitative estimate of drug-likeness (QED) is 0.767. The number of benzene rings is 1. The van der Waals surface area contributed by atoms with E-state index in [1.54, 1.807) is 18.2 Å². The molecule has 4 nitrogen and oxygen atoms in total. The molecular formula is C13H21N3O. The van der Waals surface area contributed by atoms with Crippen LogP contribution in [0.4, 0.5) is 11.4 Å². The Morgan fingerprint density at radius 2 is 2.12 bits per heavy atom. The summed E-state index contributed by atoms with van der Waals surface area (Å²) in [5, 5.41) is 0. The Bertz CT molecular complexity index is 404. The molecule has 0 spiro atoms. The van der Waals surface area contributed by atoms with Gasteiger partial charge in [-0.15, -0.1) is 0 Å². The highest BCUT2D eigenvalue weighted by Crippen LogP contribution is 2.28. The van der Waals surface area contributed by atoms with E-state index in [4.69, 9.17) is 11.5 Å². The zero-order valence-corrected chi connectivity index (χ0v) is 10.7. The first kappa shape index (κ1) is 13.4. The van der Waals surface area contributed by atoms with Gasteiger partial charge in [0.2, 0.25) is 0 Å². The van der Waals surface area contributed by atoms with Crippen LogP contribution in [-0.2, 0) is 0 Å². The van der Waals surface area contributed by atoms with E-state index < -0.39 is 5.91 Å². The van der Waals surface area contributed by atoms with Crippen molar-refractivity contribution >= 4 is 17.3 Å². The van der Waals surface area contributed by atoms with Gasteiger partial charge in [0.25, 0.3) is 5.91 Å². The van der Waals surface area contributed by atoms with Gasteiger partial charge in [-0.1, -0.05) is 19.4 Å². The number of amides is 1. The highest BCUT2D eigenvalue weighted by atomic mass is 16.1.